The summed E-state index contributed by atoms with van der Waals surface area (Å²) in [5.41, 5.74) is 5.55. The van der Waals surface area contributed by atoms with Crippen molar-refractivity contribution < 1.29 is 14.3 Å². The van der Waals surface area contributed by atoms with E-state index in [4.69, 9.17) is 9.47 Å². The molecule has 0 saturated carbocycles. The van der Waals surface area contributed by atoms with Crippen LogP contribution in [0.3, 0.4) is 0 Å². The molecule has 0 spiro atoms. The molecule has 4 heterocycles. The van der Waals surface area contributed by atoms with Gasteiger partial charge in [0.1, 0.15) is 0 Å². The van der Waals surface area contributed by atoms with E-state index in [1.807, 2.05) is 34.5 Å². The van der Waals surface area contributed by atoms with Crippen LogP contribution in [0.15, 0.2) is 24.4 Å². The summed E-state index contributed by atoms with van der Waals surface area (Å²) in [4.78, 5) is 19.5. The normalized spacial score (nSPS) is 18.1. The molecule has 0 N–H and O–H groups in total. The maximum Gasteiger partial charge on any atom is 0.257 e. The molecule has 7 heteroatoms. The van der Waals surface area contributed by atoms with Crippen molar-refractivity contribution >= 4 is 11.6 Å². The molecule has 1 atom stereocenters. The van der Waals surface area contributed by atoms with Gasteiger partial charge in [-0.05, 0) is 36.6 Å². The summed E-state index contributed by atoms with van der Waals surface area (Å²) in [6.07, 6.45) is 3.18. The summed E-state index contributed by atoms with van der Waals surface area (Å²) < 4.78 is 12.8. The number of nitrogens with zero attached hydrogens (tertiary/aromatic N) is 4. The van der Waals surface area contributed by atoms with Gasteiger partial charge < -0.3 is 14.4 Å². The highest BCUT2D eigenvalue weighted by molar-refractivity contribution is 5.97. The average Bonchev–Trinajstić information content (AvgIpc) is 3.07. The predicted molar refractivity (Wildman–Crippen MR) is 98.5 cm³/mol. The lowest BCUT2D eigenvalue weighted by Gasteiger charge is -2.41. The lowest BCUT2D eigenvalue weighted by molar-refractivity contribution is 0.0626. The number of benzene rings is 1. The van der Waals surface area contributed by atoms with Gasteiger partial charge in [0.2, 0.25) is 0 Å². The van der Waals surface area contributed by atoms with Crippen molar-refractivity contribution in [2.24, 2.45) is 0 Å². The van der Waals surface area contributed by atoms with Crippen LogP contribution < -0.4 is 9.47 Å². The second kappa shape index (κ2) is 5.70. The van der Waals surface area contributed by atoms with Crippen LogP contribution in [-0.4, -0.2) is 46.2 Å². The van der Waals surface area contributed by atoms with Gasteiger partial charge in [-0.15, -0.1) is 0 Å². The van der Waals surface area contributed by atoms with Gasteiger partial charge in [-0.1, -0.05) is 0 Å². The minimum Gasteiger partial charge on any atom is -0.493 e. The van der Waals surface area contributed by atoms with Crippen LogP contribution in [0.5, 0.6) is 11.5 Å². The number of aryl methyl sites for hydroxylation is 1. The Kier molecular flexibility index (Phi) is 3.40. The molecule has 0 unspecified atom stereocenters. The van der Waals surface area contributed by atoms with E-state index in [1.54, 1.807) is 20.4 Å². The highest BCUT2D eigenvalue weighted by Crippen LogP contribution is 2.42. The largest absolute Gasteiger partial charge is 0.493 e. The Morgan fingerprint density at radius 3 is 2.70 bits per heavy atom. The molecule has 0 aliphatic carbocycles. The molecule has 0 fully saturated rings. The number of hydrogen-bond acceptors (Lipinski definition) is 5. The van der Waals surface area contributed by atoms with E-state index < -0.39 is 0 Å². The Balaban J connectivity index is 1.68. The Hall–Kier alpha value is -3.09. The molecule has 2 aromatic heterocycles. The molecular formula is C20H20N4O3. The van der Waals surface area contributed by atoms with Gasteiger partial charge in [0.05, 0.1) is 37.2 Å². The van der Waals surface area contributed by atoms with E-state index in [0.29, 0.717) is 24.3 Å². The van der Waals surface area contributed by atoms with Crippen molar-refractivity contribution in [3.8, 4) is 11.5 Å². The molecular weight excluding hydrogens is 344 g/mol. The van der Waals surface area contributed by atoms with Crippen molar-refractivity contribution in [1.82, 2.24) is 19.5 Å². The minimum absolute atomic E-state index is 0.0178. The van der Waals surface area contributed by atoms with Crippen LogP contribution in [0.1, 0.15) is 38.9 Å². The molecule has 2 aliphatic rings. The lowest BCUT2D eigenvalue weighted by atomic mass is 9.85. The zero-order chi connectivity index (χ0) is 18.7. The van der Waals surface area contributed by atoms with Crippen LogP contribution in [0.4, 0.5) is 0 Å². The van der Waals surface area contributed by atoms with E-state index in [2.05, 4.69) is 10.1 Å². The molecule has 0 radical (unpaired) electrons. The van der Waals surface area contributed by atoms with E-state index in [0.717, 1.165) is 34.8 Å². The number of amides is 1. The van der Waals surface area contributed by atoms with Crippen molar-refractivity contribution in [3.05, 3.63) is 52.5 Å². The summed E-state index contributed by atoms with van der Waals surface area (Å²) in [6, 6.07) is 5.94. The van der Waals surface area contributed by atoms with Crippen molar-refractivity contribution in [1.29, 1.82) is 0 Å². The quantitative estimate of drug-likeness (QED) is 0.698. The second-order valence-corrected chi connectivity index (χ2v) is 7.05. The molecule has 27 heavy (non-hydrogen) atoms. The minimum atomic E-state index is -0.0383. The van der Waals surface area contributed by atoms with E-state index in [1.165, 1.54) is 5.56 Å². The highest BCUT2D eigenvalue weighted by atomic mass is 16.5. The zero-order valence-corrected chi connectivity index (χ0v) is 15.5. The first-order valence-electron chi connectivity index (χ1n) is 9.00. The Morgan fingerprint density at radius 1 is 1.15 bits per heavy atom. The molecule has 0 bridgehead atoms. The maximum absolute atomic E-state index is 13.2. The van der Waals surface area contributed by atoms with Gasteiger partial charge in [0.25, 0.3) is 5.91 Å². The number of carbonyl (C=O) groups excluding carboxylic acids is 1. The van der Waals surface area contributed by atoms with Gasteiger partial charge in [0.15, 0.2) is 17.1 Å². The van der Waals surface area contributed by atoms with Gasteiger partial charge in [-0.25, -0.2) is 9.50 Å². The Labute approximate surface area is 156 Å². The van der Waals surface area contributed by atoms with E-state index in [9.17, 15) is 4.79 Å². The van der Waals surface area contributed by atoms with Crippen LogP contribution in [0.25, 0.3) is 5.65 Å². The molecule has 2 aliphatic heterocycles. The smallest absolute Gasteiger partial charge is 0.257 e. The lowest BCUT2D eigenvalue weighted by Crippen LogP contribution is -2.45. The fourth-order valence-electron chi connectivity index (χ4n) is 4.30. The summed E-state index contributed by atoms with van der Waals surface area (Å²) in [7, 11) is 3.28. The standard InChI is InChI=1S/C20H20N4O3/c1-11-6-19-21-10-14-16(24(19)22-11)9-15-13-8-18(27-3)17(26-2)7-12(13)4-5-23(15)20(14)25/h6-8,10,15H,4-5,9H2,1-3H3/t15-/m1/s1. The van der Waals surface area contributed by atoms with Gasteiger partial charge in [-0.3, -0.25) is 4.79 Å². The van der Waals surface area contributed by atoms with Crippen LogP contribution in [0, 0.1) is 6.92 Å². The Morgan fingerprint density at radius 2 is 1.93 bits per heavy atom. The monoisotopic (exact) mass is 364 g/mol. The highest BCUT2D eigenvalue weighted by Gasteiger charge is 2.39. The SMILES string of the molecule is COc1cc2c(cc1OC)[C@H]1Cc3c(cnc4cc(C)nn34)C(=O)N1CC2. The van der Waals surface area contributed by atoms with Gasteiger partial charge >= 0.3 is 0 Å². The number of ether oxygens (including phenoxy) is 2. The zero-order valence-electron chi connectivity index (χ0n) is 15.5. The van der Waals surface area contributed by atoms with Crippen molar-refractivity contribution in [3.63, 3.8) is 0 Å². The summed E-state index contributed by atoms with van der Waals surface area (Å²) in [5, 5.41) is 4.55. The molecule has 7 nitrogen and oxygen atoms in total. The molecule has 5 rings (SSSR count). The molecule has 1 amide bonds. The number of hydrogen-bond donors (Lipinski definition) is 0. The summed E-state index contributed by atoms with van der Waals surface area (Å²) in [5.74, 6) is 1.43. The van der Waals surface area contributed by atoms with Crippen LogP contribution in [-0.2, 0) is 12.8 Å². The van der Waals surface area contributed by atoms with Crippen molar-refractivity contribution in [2.45, 2.75) is 25.8 Å². The number of fused-ring (bicyclic) bond motifs is 6. The first kappa shape index (κ1) is 16.1. The number of methoxy groups -OCH3 is 2. The maximum atomic E-state index is 13.2. The predicted octanol–water partition coefficient (Wildman–Crippen LogP) is 2.35. The third-order valence-electron chi connectivity index (χ3n) is 5.59. The topological polar surface area (TPSA) is 69.0 Å². The van der Waals surface area contributed by atoms with E-state index in [-0.39, 0.29) is 11.9 Å². The molecule has 3 aromatic rings. The second-order valence-electron chi connectivity index (χ2n) is 7.05. The van der Waals surface area contributed by atoms with Gasteiger partial charge in [-0.2, -0.15) is 5.10 Å². The average molecular weight is 364 g/mol. The third kappa shape index (κ3) is 2.24. The van der Waals surface area contributed by atoms with Gasteiger partial charge in [0, 0.05) is 25.2 Å². The Bertz CT molecular complexity index is 1090. The number of carbonyl (C=O) groups is 1. The van der Waals surface area contributed by atoms with Crippen LogP contribution in [0.2, 0.25) is 0 Å². The summed E-state index contributed by atoms with van der Waals surface area (Å²) in [6.45, 7) is 2.62. The fourth-order valence-corrected chi connectivity index (χ4v) is 4.30. The molecule has 1 aromatic carbocycles. The first-order valence-corrected chi connectivity index (χ1v) is 9.00. The number of rotatable bonds is 2. The van der Waals surface area contributed by atoms with E-state index >= 15 is 0 Å². The fraction of sp³-hybridized carbons (Fsp3) is 0.350. The molecule has 138 valence electrons. The third-order valence-corrected chi connectivity index (χ3v) is 5.59. The first-order chi connectivity index (χ1) is 13.1. The summed E-state index contributed by atoms with van der Waals surface area (Å²) >= 11 is 0. The van der Waals surface area contributed by atoms with Crippen LogP contribution >= 0.6 is 0 Å². The molecule has 0 saturated heterocycles. The van der Waals surface area contributed by atoms with Crippen molar-refractivity contribution in [2.75, 3.05) is 20.8 Å². The number of aromatic nitrogens is 3.